The summed E-state index contributed by atoms with van der Waals surface area (Å²) in [5, 5.41) is 0.559. The van der Waals surface area contributed by atoms with Crippen molar-refractivity contribution in [2.24, 2.45) is 5.92 Å². The van der Waals surface area contributed by atoms with Gasteiger partial charge in [-0.2, -0.15) is 11.8 Å². The number of rotatable bonds is 3. The highest BCUT2D eigenvalue weighted by molar-refractivity contribution is 9.10. The van der Waals surface area contributed by atoms with Crippen LogP contribution in [-0.4, -0.2) is 17.3 Å². The molecule has 0 unspecified atom stereocenters. The molecule has 2 rings (SSSR count). The molecular formula is C13H14BrClOS. The van der Waals surface area contributed by atoms with E-state index in [0.29, 0.717) is 22.9 Å². The number of benzene rings is 1. The van der Waals surface area contributed by atoms with Gasteiger partial charge >= 0.3 is 0 Å². The van der Waals surface area contributed by atoms with Crippen LogP contribution in [0.5, 0.6) is 0 Å². The van der Waals surface area contributed by atoms with E-state index in [1.54, 1.807) is 6.07 Å². The summed E-state index contributed by atoms with van der Waals surface area (Å²) < 4.78 is 0.907. The van der Waals surface area contributed by atoms with Gasteiger partial charge in [0.25, 0.3) is 0 Å². The predicted molar refractivity (Wildman–Crippen MR) is 78.1 cm³/mol. The smallest absolute Gasteiger partial charge is 0.164 e. The minimum absolute atomic E-state index is 0.174. The molecule has 0 N–H and O–H groups in total. The van der Waals surface area contributed by atoms with E-state index in [4.69, 9.17) is 11.6 Å². The van der Waals surface area contributed by atoms with Crippen LogP contribution in [0.3, 0.4) is 0 Å². The third-order valence-corrected chi connectivity index (χ3v) is 4.92. The van der Waals surface area contributed by atoms with E-state index < -0.39 is 0 Å². The van der Waals surface area contributed by atoms with Crippen molar-refractivity contribution in [2.75, 3.05) is 11.5 Å². The summed E-state index contributed by atoms with van der Waals surface area (Å²) in [5.74, 6) is 3.08. The second-order valence-electron chi connectivity index (χ2n) is 4.31. The van der Waals surface area contributed by atoms with Crippen molar-refractivity contribution in [2.45, 2.75) is 19.3 Å². The molecule has 0 bridgehead atoms. The van der Waals surface area contributed by atoms with Crippen molar-refractivity contribution in [3.63, 3.8) is 0 Å². The molecule has 0 spiro atoms. The Labute approximate surface area is 119 Å². The van der Waals surface area contributed by atoms with Crippen LogP contribution in [0.1, 0.15) is 29.6 Å². The van der Waals surface area contributed by atoms with E-state index in [1.807, 2.05) is 23.9 Å². The van der Waals surface area contributed by atoms with Crippen LogP contribution in [0.25, 0.3) is 0 Å². The molecule has 0 aromatic heterocycles. The van der Waals surface area contributed by atoms with Gasteiger partial charge in [0.05, 0.1) is 5.02 Å². The molecule has 0 radical (unpaired) electrons. The topological polar surface area (TPSA) is 17.1 Å². The highest BCUT2D eigenvalue weighted by Gasteiger charge is 2.19. The summed E-state index contributed by atoms with van der Waals surface area (Å²) in [6, 6.07) is 5.45. The molecule has 1 aliphatic heterocycles. The average Bonchev–Trinajstić information content (AvgIpc) is 2.33. The zero-order chi connectivity index (χ0) is 12.3. The summed E-state index contributed by atoms with van der Waals surface area (Å²) >= 11 is 11.4. The molecule has 1 fully saturated rings. The number of halogens is 2. The van der Waals surface area contributed by atoms with Crippen molar-refractivity contribution in [3.05, 3.63) is 33.3 Å². The van der Waals surface area contributed by atoms with E-state index in [9.17, 15) is 4.79 Å². The fourth-order valence-electron chi connectivity index (χ4n) is 2.03. The minimum Gasteiger partial charge on any atom is -0.294 e. The molecule has 0 atom stereocenters. The maximum absolute atomic E-state index is 12.2. The molecule has 0 amide bonds. The highest BCUT2D eigenvalue weighted by atomic mass is 79.9. The zero-order valence-electron chi connectivity index (χ0n) is 9.42. The molecule has 92 valence electrons. The monoisotopic (exact) mass is 332 g/mol. The van der Waals surface area contributed by atoms with Gasteiger partial charge in [0.2, 0.25) is 0 Å². The molecule has 1 heterocycles. The molecule has 4 heteroatoms. The van der Waals surface area contributed by atoms with Gasteiger partial charge in [-0.3, -0.25) is 4.79 Å². The van der Waals surface area contributed by atoms with Crippen molar-refractivity contribution in [1.82, 2.24) is 0 Å². The Morgan fingerprint density at radius 2 is 2.12 bits per heavy atom. The van der Waals surface area contributed by atoms with E-state index in [0.717, 1.165) is 17.3 Å². The van der Waals surface area contributed by atoms with Crippen LogP contribution in [0.15, 0.2) is 22.7 Å². The van der Waals surface area contributed by atoms with Crippen LogP contribution in [0.2, 0.25) is 5.02 Å². The molecule has 1 aromatic rings. The third-order valence-electron chi connectivity index (χ3n) is 3.04. The number of carbonyl (C=O) groups excluding carboxylic acids is 1. The lowest BCUT2D eigenvalue weighted by Gasteiger charge is -2.20. The second-order valence-corrected chi connectivity index (χ2v) is 6.85. The minimum atomic E-state index is 0.174. The number of thioether (sulfide) groups is 1. The lowest BCUT2D eigenvalue weighted by Crippen LogP contribution is -2.14. The van der Waals surface area contributed by atoms with Crippen molar-refractivity contribution < 1.29 is 4.79 Å². The quantitative estimate of drug-likeness (QED) is 0.738. The van der Waals surface area contributed by atoms with E-state index in [1.165, 1.54) is 11.5 Å². The van der Waals surface area contributed by atoms with Gasteiger partial charge in [-0.25, -0.2) is 0 Å². The first-order valence-electron chi connectivity index (χ1n) is 5.73. The molecule has 17 heavy (non-hydrogen) atoms. The first kappa shape index (κ1) is 13.4. The van der Waals surface area contributed by atoms with Crippen LogP contribution < -0.4 is 0 Å². The van der Waals surface area contributed by atoms with E-state index in [2.05, 4.69) is 15.9 Å². The van der Waals surface area contributed by atoms with Gasteiger partial charge in [-0.05, 0) is 48.5 Å². The first-order chi connectivity index (χ1) is 8.16. The fraction of sp³-hybridized carbons (Fsp3) is 0.462. The van der Waals surface area contributed by atoms with Gasteiger partial charge in [0, 0.05) is 16.5 Å². The second kappa shape index (κ2) is 6.26. The summed E-state index contributed by atoms with van der Waals surface area (Å²) in [7, 11) is 0. The highest BCUT2D eigenvalue weighted by Crippen LogP contribution is 2.29. The first-order valence-corrected chi connectivity index (χ1v) is 8.05. The lowest BCUT2D eigenvalue weighted by molar-refractivity contribution is 0.0959. The maximum Gasteiger partial charge on any atom is 0.164 e. The van der Waals surface area contributed by atoms with Crippen LogP contribution >= 0.6 is 39.3 Å². The van der Waals surface area contributed by atoms with Crippen molar-refractivity contribution >= 4 is 45.1 Å². The van der Waals surface area contributed by atoms with Gasteiger partial charge in [-0.15, -0.1) is 0 Å². The van der Waals surface area contributed by atoms with Crippen LogP contribution in [-0.2, 0) is 0 Å². The Morgan fingerprint density at radius 3 is 2.82 bits per heavy atom. The van der Waals surface area contributed by atoms with Gasteiger partial charge in [0.1, 0.15) is 0 Å². The SMILES string of the molecule is O=C(CC1CCSCC1)c1cc(Br)ccc1Cl. The standard InChI is InChI=1S/C13H14BrClOS/c14-10-1-2-12(15)11(8-10)13(16)7-9-3-5-17-6-4-9/h1-2,8-9H,3-7H2. The maximum atomic E-state index is 12.2. The zero-order valence-corrected chi connectivity index (χ0v) is 12.6. The number of ketones is 1. The van der Waals surface area contributed by atoms with Crippen LogP contribution in [0.4, 0.5) is 0 Å². The Hall–Kier alpha value is 0.01000. The van der Waals surface area contributed by atoms with E-state index in [-0.39, 0.29) is 5.78 Å². The van der Waals surface area contributed by atoms with Gasteiger partial charge in [-0.1, -0.05) is 27.5 Å². The lowest BCUT2D eigenvalue weighted by atomic mass is 9.93. The fourth-order valence-corrected chi connectivity index (χ4v) is 3.82. The van der Waals surface area contributed by atoms with Crippen molar-refractivity contribution in [3.8, 4) is 0 Å². The number of hydrogen-bond donors (Lipinski definition) is 0. The van der Waals surface area contributed by atoms with Gasteiger partial charge < -0.3 is 0 Å². The summed E-state index contributed by atoms with van der Waals surface area (Å²) in [6.45, 7) is 0. The summed E-state index contributed by atoms with van der Waals surface area (Å²) in [6.07, 6.45) is 2.95. The Balaban J connectivity index is 2.05. The average molecular weight is 334 g/mol. The number of hydrogen-bond acceptors (Lipinski definition) is 2. The predicted octanol–water partition coefficient (Wildman–Crippen LogP) is 4.82. The Kier molecular flexibility index (Phi) is 4.95. The number of Topliss-reactive ketones (excluding diaryl/α,β-unsaturated/α-hetero) is 1. The summed E-state index contributed by atoms with van der Waals surface area (Å²) in [4.78, 5) is 12.2. The Morgan fingerprint density at radius 1 is 1.41 bits per heavy atom. The third kappa shape index (κ3) is 3.73. The van der Waals surface area contributed by atoms with Crippen molar-refractivity contribution in [1.29, 1.82) is 0 Å². The summed E-state index contributed by atoms with van der Waals surface area (Å²) in [5.41, 5.74) is 0.652. The normalized spacial score (nSPS) is 17.1. The molecular weight excluding hydrogens is 320 g/mol. The van der Waals surface area contributed by atoms with Gasteiger partial charge in [0.15, 0.2) is 5.78 Å². The number of carbonyl (C=O) groups is 1. The molecule has 0 saturated carbocycles. The van der Waals surface area contributed by atoms with E-state index >= 15 is 0 Å². The molecule has 0 aliphatic carbocycles. The molecule has 1 aromatic carbocycles. The molecule has 1 saturated heterocycles. The largest absolute Gasteiger partial charge is 0.294 e. The molecule has 1 nitrogen and oxygen atoms in total. The molecule has 1 aliphatic rings. The van der Waals surface area contributed by atoms with Crippen LogP contribution in [0, 0.1) is 5.92 Å². The Bertz CT molecular complexity index is 416.